The summed E-state index contributed by atoms with van der Waals surface area (Å²) in [5.41, 5.74) is -5.59. The van der Waals surface area contributed by atoms with Gasteiger partial charge in [0.2, 0.25) is 0 Å². The van der Waals surface area contributed by atoms with Gasteiger partial charge in [-0.3, -0.25) is 19.4 Å². The zero-order chi connectivity index (χ0) is 67.2. The number of carboxylic acids is 1. The molecule has 0 spiro atoms. The van der Waals surface area contributed by atoms with Crippen LogP contribution in [0.15, 0.2) is 65.0 Å². The van der Waals surface area contributed by atoms with Crippen LogP contribution < -0.4 is 9.80 Å². The van der Waals surface area contributed by atoms with Gasteiger partial charge >= 0.3 is 48.8 Å². The first-order valence-corrected chi connectivity index (χ1v) is 31.6. The largest absolute Gasteiger partial charge is 0.481 e. The molecule has 4 atom stereocenters. The molecule has 2 aliphatic carbocycles. The molecule has 2 saturated heterocycles. The van der Waals surface area contributed by atoms with Crippen molar-refractivity contribution in [3.8, 4) is 10.7 Å². The van der Waals surface area contributed by atoms with E-state index in [-0.39, 0.29) is 55.4 Å². The number of amides is 2. The molecule has 2 saturated carbocycles. The van der Waals surface area contributed by atoms with E-state index < -0.39 is 101 Å². The topological polar surface area (TPSA) is 194 Å². The third-order valence-corrected chi connectivity index (χ3v) is 18.2. The summed E-state index contributed by atoms with van der Waals surface area (Å²) < 4.78 is 179. The number of benzene rings is 2. The molecule has 31 heteroatoms. The molecule has 2 amide bonds. The Bertz CT molecular complexity index is 3320. The van der Waals surface area contributed by atoms with E-state index >= 15 is 0 Å². The van der Waals surface area contributed by atoms with Crippen LogP contribution in [-0.4, -0.2) is 109 Å². The van der Waals surface area contributed by atoms with Gasteiger partial charge < -0.3 is 29.1 Å². The molecule has 0 bridgehead atoms. The number of rotatable bonds is 20. The van der Waals surface area contributed by atoms with E-state index in [0.717, 1.165) is 51.4 Å². The fourth-order valence-electron chi connectivity index (χ4n) is 12.2. The number of hydrogen-bond acceptors (Lipinski definition) is 15. The second-order valence-corrected chi connectivity index (χ2v) is 25.0. The third-order valence-electron chi connectivity index (χ3n) is 17.0. The highest BCUT2D eigenvalue weighted by Gasteiger charge is 2.46. The van der Waals surface area contributed by atoms with Crippen LogP contribution in [0.25, 0.3) is 10.7 Å². The van der Waals surface area contributed by atoms with Gasteiger partial charge in [0.05, 0.1) is 66.4 Å². The Labute approximate surface area is 534 Å². The molecular formula is C61H68BrF12N9O8S. The van der Waals surface area contributed by atoms with Crippen LogP contribution in [0.3, 0.4) is 0 Å². The number of ether oxygens (including phenoxy) is 3. The smallest absolute Gasteiger partial charge is 0.416 e. The lowest BCUT2D eigenvalue weighted by Gasteiger charge is -2.33. The number of halogens is 13. The van der Waals surface area contributed by atoms with Crippen molar-refractivity contribution in [2.45, 2.75) is 161 Å². The van der Waals surface area contributed by atoms with E-state index in [1.54, 1.807) is 24.7 Å². The lowest BCUT2D eigenvalue weighted by atomic mass is 9.80. The molecule has 2 aromatic carbocycles. The average Bonchev–Trinajstić information content (AvgIpc) is 1.48. The van der Waals surface area contributed by atoms with Gasteiger partial charge in [-0.05, 0) is 173 Å². The number of nitrogens with zero attached hydrogens (tertiary/aromatic N) is 9. The second-order valence-electron chi connectivity index (χ2n) is 23.3. The highest BCUT2D eigenvalue weighted by molar-refractivity contribution is 9.10. The van der Waals surface area contributed by atoms with Gasteiger partial charge in [0, 0.05) is 50.6 Å². The van der Waals surface area contributed by atoms with Gasteiger partial charge in [-0.2, -0.15) is 52.7 Å². The highest BCUT2D eigenvalue weighted by Crippen LogP contribution is 2.45. The zero-order valence-electron chi connectivity index (χ0n) is 50.6. The number of esters is 1. The van der Waals surface area contributed by atoms with Crippen molar-refractivity contribution in [2.24, 2.45) is 23.7 Å². The van der Waals surface area contributed by atoms with E-state index in [9.17, 15) is 71.9 Å². The van der Waals surface area contributed by atoms with Crippen molar-refractivity contribution < 1.29 is 91.2 Å². The molecule has 4 aliphatic rings. The third kappa shape index (κ3) is 17.8. The lowest BCUT2D eigenvalue weighted by molar-refractivity contribution is -0.145. The minimum Gasteiger partial charge on any atom is -0.481 e. The van der Waals surface area contributed by atoms with Crippen molar-refractivity contribution in [3.05, 3.63) is 110 Å². The molecule has 1 N–H and O–H groups in total. The standard InChI is InChI=1S/C31H33F6N5O4S.C30H35BrF6N4O4/c1-3-41(15-19-6-4-18(5-7-19)10-25(43)44)27-24(40-23(14-39-27)28-38-8-9-47-28)16-42-17(2)26(46-29(42)45)20-11-21(30(32,33)34)13-22(12-20)31(35,36)37;1-4-40(15-19-8-6-18(7-9-19)10-25(42)44-5-2)27-23(39-24(31)14-38-27)16-41-17(3)26(45-28(41)43)20-11-21(29(32,33)34)13-22(12-20)30(35,36)37/h8-9,11-14,17-19,26H,3-7,10,15-16H2,1-2H3,(H,43,44);11-14,17-19,26H,4-10,15-16H2,1-3H3/t2*17-,18?,19?,26?/m00/s1. The summed E-state index contributed by atoms with van der Waals surface area (Å²) in [5.74, 6) is 0.983. The number of cyclic esters (lactones) is 2. The predicted octanol–water partition coefficient (Wildman–Crippen LogP) is 15.8. The molecule has 2 unspecified atom stereocenters. The number of aromatic nitrogens is 5. The molecular weight excluding hydrogens is 1330 g/mol. The van der Waals surface area contributed by atoms with E-state index in [1.165, 1.54) is 41.2 Å². The minimum atomic E-state index is -5.05. The maximum absolute atomic E-state index is 13.6. The van der Waals surface area contributed by atoms with Gasteiger partial charge in [0.15, 0.2) is 11.6 Å². The van der Waals surface area contributed by atoms with E-state index in [4.69, 9.17) is 29.3 Å². The fraction of sp³-hybridized carbons (Fsp3) is 0.557. The molecule has 0 radical (unpaired) electrons. The van der Waals surface area contributed by atoms with Crippen LogP contribution in [0, 0.1) is 23.7 Å². The summed E-state index contributed by atoms with van der Waals surface area (Å²) in [5, 5.41) is 11.5. The Balaban J connectivity index is 0.000000237. The molecule has 5 aromatic rings. The first kappa shape index (κ1) is 70.8. The molecule has 5 heterocycles. The van der Waals surface area contributed by atoms with Crippen LogP contribution in [0.4, 0.5) is 73.9 Å². The molecule has 17 nitrogen and oxygen atoms in total. The van der Waals surface area contributed by atoms with E-state index in [1.807, 2.05) is 23.6 Å². The molecule has 2 aliphatic heterocycles. The quantitative estimate of drug-likeness (QED) is 0.0439. The Morgan fingerprint density at radius 1 is 0.609 bits per heavy atom. The fourth-order valence-corrected chi connectivity index (χ4v) is 13.1. The summed E-state index contributed by atoms with van der Waals surface area (Å²) >= 11 is 4.63. The van der Waals surface area contributed by atoms with Gasteiger partial charge in [0.25, 0.3) is 0 Å². The maximum atomic E-state index is 13.6. The minimum absolute atomic E-state index is 0.0344. The van der Waals surface area contributed by atoms with Gasteiger partial charge in [-0.15, -0.1) is 11.3 Å². The van der Waals surface area contributed by atoms with Crippen molar-refractivity contribution in [1.82, 2.24) is 34.7 Å². The number of alkyl halides is 12. The van der Waals surface area contributed by atoms with Crippen LogP contribution in [0.1, 0.15) is 156 Å². The van der Waals surface area contributed by atoms with Crippen LogP contribution in [-0.2, 0) is 61.6 Å². The number of anilines is 2. The summed E-state index contributed by atoms with van der Waals surface area (Å²) in [6, 6.07) is 0.516. The summed E-state index contributed by atoms with van der Waals surface area (Å²) in [7, 11) is 0. The number of thiazole rings is 1. The molecule has 9 rings (SSSR count). The van der Waals surface area contributed by atoms with Crippen molar-refractivity contribution >= 4 is 63.0 Å². The predicted molar refractivity (Wildman–Crippen MR) is 314 cm³/mol. The Kier molecular flexibility index (Phi) is 22.7. The molecule has 4 fully saturated rings. The summed E-state index contributed by atoms with van der Waals surface area (Å²) in [6.07, 6.45) is -12.7. The monoisotopic (exact) mass is 1390 g/mol. The van der Waals surface area contributed by atoms with E-state index in [0.29, 0.717) is 108 Å². The van der Waals surface area contributed by atoms with Crippen molar-refractivity contribution in [2.75, 3.05) is 42.6 Å². The number of carbonyl (C=O) groups excluding carboxylic acids is 3. The Morgan fingerprint density at radius 3 is 1.39 bits per heavy atom. The zero-order valence-corrected chi connectivity index (χ0v) is 53.0. The van der Waals surface area contributed by atoms with E-state index in [2.05, 4.69) is 30.9 Å². The van der Waals surface area contributed by atoms with Crippen LogP contribution in [0.2, 0.25) is 0 Å². The van der Waals surface area contributed by atoms with Gasteiger partial charge in [-0.25, -0.2) is 34.5 Å². The number of hydrogen-bond donors (Lipinski definition) is 1. The second kappa shape index (κ2) is 29.5. The number of carbonyl (C=O) groups is 4. The molecule has 502 valence electrons. The number of carboxylic acid groups (broad SMARTS) is 1. The van der Waals surface area contributed by atoms with Crippen LogP contribution in [0.5, 0.6) is 0 Å². The van der Waals surface area contributed by atoms with Crippen LogP contribution >= 0.6 is 27.3 Å². The SMILES string of the molecule is CCN(CC1CCC(CC(=O)O)CC1)c1ncc(-c2nccs2)nc1CN1C(=O)OC(c2cc(C(F)(F)F)cc(C(F)(F)F)c2)[C@@H]1C.CCOC(=O)CC1CCC(CN(CC)c2ncc(Br)nc2CN2C(=O)OC(c3cc(C(F)(F)F)cc(C(F)(F)F)c3)[C@@H]2C)CC1. The van der Waals surface area contributed by atoms with Crippen molar-refractivity contribution in [3.63, 3.8) is 0 Å². The number of aliphatic carboxylic acids is 1. The van der Waals surface area contributed by atoms with Crippen molar-refractivity contribution in [1.29, 1.82) is 0 Å². The Morgan fingerprint density at radius 2 is 1.01 bits per heavy atom. The summed E-state index contributed by atoms with van der Waals surface area (Å²) in [6.45, 7) is 11.1. The normalized spacial score (nSPS) is 22.2. The summed E-state index contributed by atoms with van der Waals surface area (Å²) in [4.78, 5) is 78.6. The average molecular weight is 1400 g/mol. The molecule has 92 heavy (non-hydrogen) atoms. The lowest BCUT2D eigenvalue weighted by Crippen LogP contribution is -2.36. The Hall–Kier alpha value is -7.05. The van der Waals surface area contributed by atoms with Gasteiger partial charge in [0.1, 0.15) is 38.9 Å². The first-order valence-electron chi connectivity index (χ1n) is 29.9. The molecule has 3 aromatic heterocycles. The first-order chi connectivity index (χ1) is 43.2. The maximum Gasteiger partial charge on any atom is 0.416 e. The van der Waals surface area contributed by atoms with Gasteiger partial charge in [-0.1, -0.05) is 0 Å². The highest BCUT2D eigenvalue weighted by atomic mass is 79.9.